The van der Waals surface area contributed by atoms with Crippen molar-refractivity contribution < 1.29 is 4.92 Å². The number of aromatic nitrogens is 2. The second-order valence-corrected chi connectivity index (χ2v) is 3.33. The van der Waals surface area contributed by atoms with E-state index in [1.165, 1.54) is 24.5 Å². The van der Waals surface area contributed by atoms with Crippen molar-refractivity contribution in [3.05, 3.63) is 62.7 Å². The number of hydrogen-bond acceptors (Lipinski definition) is 5. The molecule has 1 N–H and O–H groups in total. The van der Waals surface area contributed by atoms with Crippen LogP contribution in [-0.4, -0.2) is 21.1 Å². The van der Waals surface area contributed by atoms with Gasteiger partial charge >= 0.3 is 5.69 Å². The topological polar surface area (TPSA) is 101 Å². The summed E-state index contributed by atoms with van der Waals surface area (Å²) >= 11 is 0. The number of nitrogens with one attached hydrogen (secondary N) is 1. The van der Waals surface area contributed by atoms with E-state index in [-0.39, 0.29) is 11.5 Å². The number of benzene rings is 1. The molecule has 0 radical (unpaired) electrons. The summed E-state index contributed by atoms with van der Waals surface area (Å²) in [7, 11) is 0. The second-order valence-electron chi connectivity index (χ2n) is 3.33. The number of aromatic amines is 1. The Bertz CT molecular complexity index is 663. The predicted octanol–water partition coefficient (Wildman–Crippen LogP) is 1.43. The van der Waals surface area contributed by atoms with Crippen LogP contribution in [0.2, 0.25) is 0 Å². The highest BCUT2D eigenvalue weighted by molar-refractivity contribution is 5.86. The first kappa shape index (κ1) is 11.6. The van der Waals surface area contributed by atoms with Crippen LogP contribution in [0.1, 0.15) is 5.56 Å². The molecule has 0 amide bonds. The number of para-hydroxylation sites is 1. The van der Waals surface area contributed by atoms with Crippen molar-refractivity contribution in [2.24, 2.45) is 4.99 Å². The SMILES string of the molecule is O=c1nccc(/N=C/c2ccccc2[N+](=O)[O-])[nH]1. The molecule has 0 unspecified atom stereocenters. The van der Waals surface area contributed by atoms with Crippen LogP contribution >= 0.6 is 0 Å². The Hall–Kier alpha value is -2.83. The zero-order valence-electron chi connectivity index (χ0n) is 9.11. The van der Waals surface area contributed by atoms with Crippen molar-refractivity contribution in [1.82, 2.24) is 9.97 Å². The lowest BCUT2D eigenvalue weighted by Gasteiger charge is -1.96. The van der Waals surface area contributed by atoms with Gasteiger partial charge < -0.3 is 0 Å². The van der Waals surface area contributed by atoms with Crippen LogP contribution < -0.4 is 5.69 Å². The van der Waals surface area contributed by atoms with Gasteiger partial charge in [-0.15, -0.1) is 0 Å². The summed E-state index contributed by atoms with van der Waals surface area (Å²) in [5, 5.41) is 10.8. The van der Waals surface area contributed by atoms with E-state index in [1.54, 1.807) is 18.2 Å². The predicted molar refractivity (Wildman–Crippen MR) is 65.2 cm³/mol. The molecule has 0 saturated heterocycles. The fourth-order valence-corrected chi connectivity index (χ4v) is 1.34. The number of nitro benzene ring substituents is 1. The first-order valence-electron chi connectivity index (χ1n) is 4.99. The van der Waals surface area contributed by atoms with Gasteiger partial charge in [-0.25, -0.2) is 14.8 Å². The van der Waals surface area contributed by atoms with Crippen molar-refractivity contribution in [2.45, 2.75) is 0 Å². The Balaban J connectivity index is 2.35. The Morgan fingerprint density at radius 1 is 1.33 bits per heavy atom. The molecule has 0 saturated carbocycles. The second kappa shape index (κ2) is 5.00. The Morgan fingerprint density at radius 3 is 2.83 bits per heavy atom. The van der Waals surface area contributed by atoms with Gasteiger partial charge in [0.2, 0.25) is 0 Å². The minimum absolute atomic E-state index is 0.0438. The summed E-state index contributed by atoms with van der Waals surface area (Å²) < 4.78 is 0. The molecular formula is C11H8N4O3. The van der Waals surface area contributed by atoms with Gasteiger partial charge in [-0.05, 0) is 12.1 Å². The quantitative estimate of drug-likeness (QED) is 0.501. The van der Waals surface area contributed by atoms with E-state index < -0.39 is 10.6 Å². The van der Waals surface area contributed by atoms with E-state index in [0.717, 1.165) is 0 Å². The van der Waals surface area contributed by atoms with Gasteiger partial charge in [-0.2, -0.15) is 0 Å². The summed E-state index contributed by atoms with van der Waals surface area (Å²) in [6.45, 7) is 0. The number of nitrogens with zero attached hydrogens (tertiary/aromatic N) is 3. The van der Waals surface area contributed by atoms with Crippen LogP contribution in [0.15, 0.2) is 46.3 Å². The van der Waals surface area contributed by atoms with E-state index in [2.05, 4.69) is 15.0 Å². The fraction of sp³-hybridized carbons (Fsp3) is 0. The number of hydrogen-bond donors (Lipinski definition) is 1. The average molecular weight is 244 g/mol. The molecule has 0 atom stereocenters. The van der Waals surface area contributed by atoms with Crippen LogP contribution in [0.5, 0.6) is 0 Å². The first-order chi connectivity index (χ1) is 8.66. The Morgan fingerprint density at radius 2 is 2.11 bits per heavy atom. The van der Waals surface area contributed by atoms with Gasteiger partial charge in [-0.3, -0.25) is 15.1 Å². The Kier molecular flexibility index (Phi) is 3.24. The van der Waals surface area contributed by atoms with Gasteiger partial charge in [0.25, 0.3) is 5.69 Å². The van der Waals surface area contributed by atoms with Gasteiger partial charge in [0.1, 0.15) is 5.82 Å². The summed E-state index contributed by atoms with van der Waals surface area (Å²) in [5.74, 6) is 0.285. The molecule has 2 aromatic rings. The van der Waals surface area contributed by atoms with Crippen LogP contribution in [-0.2, 0) is 0 Å². The van der Waals surface area contributed by atoms with E-state index >= 15 is 0 Å². The highest BCUT2D eigenvalue weighted by Gasteiger charge is 2.09. The number of rotatable bonds is 3. The summed E-state index contributed by atoms with van der Waals surface area (Å²) in [4.78, 5) is 31.0. The molecular weight excluding hydrogens is 236 g/mol. The van der Waals surface area contributed by atoms with Gasteiger partial charge in [0.15, 0.2) is 0 Å². The third kappa shape index (κ3) is 2.64. The van der Waals surface area contributed by atoms with E-state index in [0.29, 0.717) is 5.56 Å². The zero-order chi connectivity index (χ0) is 13.0. The molecule has 1 aromatic heterocycles. The molecule has 1 heterocycles. The molecule has 7 heteroatoms. The van der Waals surface area contributed by atoms with Crippen LogP contribution in [0.25, 0.3) is 0 Å². The maximum Gasteiger partial charge on any atom is 0.346 e. The highest BCUT2D eigenvalue weighted by Crippen LogP contribution is 2.16. The molecule has 0 aliphatic carbocycles. The molecule has 0 aliphatic rings. The van der Waals surface area contributed by atoms with Gasteiger partial charge in [0, 0.05) is 18.5 Å². The standard InChI is InChI=1S/C11H8N4O3/c16-11-12-6-5-10(14-11)13-7-8-3-1-2-4-9(8)15(17)18/h1-7H,(H,12,14,16)/b13-7+. The number of H-pyrrole nitrogens is 1. The van der Waals surface area contributed by atoms with E-state index in [4.69, 9.17) is 0 Å². The molecule has 18 heavy (non-hydrogen) atoms. The molecule has 0 aliphatic heterocycles. The monoisotopic (exact) mass is 244 g/mol. The highest BCUT2D eigenvalue weighted by atomic mass is 16.6. The van der Waals surface area contributed by atoms with Crippen molar-refractivity contribution in [3.63, 3.8) is 0 Å². The lowest BCUT2D eigenvalue weighted by atomic mass is 10.2. The van der Waals surface area contributed by atoms with Gasteiger partial charge in [0.05, 0.1) is 10.5 Å². The largest absolute Gasteiger partial charge is 0.346 e. The van der Waals surface area contributed by atoms with Gasteiger partial charge in [-0.1, -0.05) is 12.1 Å². The Labute approximate surface area is 101 Å². The fourth-order valence-electron chi connectivity index (χ4n) is 1.34. The average Bonchev–Trinajstić information content (AvgIpc) is 2.37. The summed E-state index contributed by atoms with van der Waals surface area (Å²) in [5.41, 5.74) is -0.204. The molecule has 7 nitrogen and oxygen atoms in total. The smallest absolute Gasteiger partial charge is 0.290 e. The van der Waals surface area contributed by atoms with E-state index in [1.807, 2.05) is 0 Å². The molecule has 0 bridgehead atoms. The molecule has 2 rings (SSSR count). The van der Waals surface area contributed by atoms with Crippen LogP contribution in [0, 0.1) is 10.1 Å². The lowest BCUT2D eigenvalue weighted by Crippen LogP contribution is -2.07. The van der Waals surface area contributed by atoms with Crippen molar-refractivity contribution >= 4 is 17.7 Å². The van der Waals surface area contributed by atoms with Crippen molar-refractivity contribution in [3.8, 4) is 0 Å². The number of nitro groups is 1. The molecule has 1 aromatic carbocycles. The van der Waals surface area contributed by atoms with Crippen LogP contribution in [0.3, 0.4) is 0 Å². The minimum atomic E-state index is -0.521. The third-order valence-electron chi connectivity index (χ3n) is 2.14. The van der Waals surface area contributed by atoms with Crippen LogP contribution in [0.4, 0.5) is 11.5 Å². The van der Waals surface area contributed by atoms with Crippen molar-refractivity contribution in [1.29, 1.82) is 0 Å². The molecule has 0 fully saturated rings. The molecule has 90 valence electrons. The van der Waals surface area contributed by atoms with E-state index in [9.17, 15) is 14.9 Å². The minimum Gasteiger partial charge on any atom is -0.290 e. The normalized spacial score (nSPS) is 10.7. The maximum atomic E-state index is 10.9. The van der Waals surface area contributed by atoms with Crippen molar-refractivity contribution in [2.75, 3.05) is 0 Å². The maximum absolute atomic E-state index is 10.9. The first-order valence-corrected chi connectivity index (χ1v) is 4.99. The summed E-state index contributed by atoms with van der Waals surface area (Å²) in [6, 6.07) is 7.69. The third-order valence-corrected chi connectivity index (χ3v) is 2.14. The number of aliphatic imine (C=N–C) groups is 1. The summed E-state index contributed by atoms with van der Waals surface area (Å²) in [6.07, 6.45) is 2.63. The zero-order valence-corrected chi connectivity index (χ0v) is 9.11. The lowest BCUT2D eigenvalue weighted by molar-refractivity contribution is -0.385. The molecule has 0 spiro atoms.